The first kappa shape index (κ1) is 15.0. The normalized spacial score (nSPS) is 10.3. The van der Waals surface area contributed by atoms with Gasteiger partial charge in [-0.1, -0.05) is 22.8 Å². The number of rotatable bonds is 2. The van der Waals surface area contributed by atoms with Crippen LogP contribution < -0.4 is 10.6 Å². The standard InChI is InChI=1S/C13H11ClFN3O3/c1-6-11(7(2)21-18-6)16-13(20)17-12(19)10-8(14)4-3-5-9(10)15/h3-5H,1-2H3,(H2,16,17,19,20). The van der Waals surface area contributed by atoms with Gasteiger partial charge in [-0.05, 0) is 26.0 Å². The van der Waals surface area contributed by atoms with Crippen molar-refractivity contribution in [2.75, 3.05) is 5.32 Å². The zero-order chi connectivity index (χ0) is 15.6. The fourth-order valence-corrected chi connectivity index (χ4v) is 1.94. The molecule has 2 N–H and O–H groups in total. The van der Waals surface area contributed by atoms with Crippen LogP contribution >= 0.6 is 11.6 Å². The molecular weight excluding hydrogens is 301 g/mol. The molecule has 3 amide bonds. The van der Waals surface area contributed by atoms with Gasteiger partial charge in [0, 0.05) is 0 Å². The van der Waals surface area contributed by atoms with Crippen LogP contribution in [0, 0.1) is 19.7 Å². The highest BCUT2D eigenvalue weighted by Gasteiger charge is 2.19. The number of aryl methyl sites for hydroxylation is 2. The molecule has 1 aromatic heterocycles. The summed E-state index contributed by atoms with van der Waals surface area (Å²) in [5.41, 5.74) is 0.409. The number of hydrogen-bond donors (Lipinski definition) is 2. The van der Waals surface area contributed by atoms with E-state index in [1.165, 1.54) is 12.1 Å². The summed E-state index contributed by atoms with van der Waals surface area (Å²) in [4.78, 5) is 23.6. The summed E-state index contributed by atoms with van der Waals surface area (Å²) in [6.07, 6.45) is 0. The summed E-state index contributed by atoms with van der Waals surface area (Å²) >= 11 is 5.74. The third-order valence-corrected chi connectivity index (χ3v) is 3.00. The summed E-state index contributed by atoms with van der Waals surface area (Å²) in [7, 11) is 0. The van der Waals surface area contributed by atoms with E-state index in [0.29, 0.717) is 17.1 Å². The molecule has 1 heterocycles. The molecule has 110 valence electrons. The lowest BCUT2D eigenvalue weighted by atomic mass is 10.2. The number of carbonyl (C=O) groups excluding carboxylic acids is 2. The third kappa shape index (κ3) is 3.19. The van der Waals surface area contributed by atoms with Crippen LogP contribution in [-0.2, 0) is 0 Å². The molecule has 0 fully saturated rings. The van der Waals surface area contributed by atoms with Crippen LogP contribution in [-0.4, -0.2) is 17.1 Å². The van der Waals surface area contributed by atoms with E-state index < -0.39 is 23.3 Å². The fourth-order valence-electron chi connectivity index (χ4n) is 1.69. The minimum Gasteiger partial charge on any atom is -0.359 e. The molecule has 0 unspecified atom stereocenters. The predicted molar refractivity (Wildman–Crippen MR) is 73.9 cm³/mol. The highest BCUT2D eigenvalue weighted by atomic mass is 35.5. The van der Waals surface area contributed by atoms with Gasteiger partial charge in [-0.25, -0.2) is 9.18 Å². The van der Waals surface area contributed by atoms with E-state index >= 15 is 0 Å². The van der Waals surface area contributed by atoms with E-state index in [2.05, 4.69) is 10.5 Å². The number of aromatic nitrogens is 1. The molecular formula is C13H11ClFN3O3. The van der Waals surface area contributed by atoms with Crippen molar-refractivity contribution in [2.24, 2.45) is 0 Å². The lowest BCUT2D eigenvalue weighted by molar-refractivity contribution is 0.0963. The molecule has 0 aliphatic rings. The second-order valence-corrected chi connectivity index (χ2v) is 4.61. The Morgan fingerprint density at radius 1 is 1.33 bits per heavy atom. The zero-order valence-electron chi connectivity index (χ0n) is 11.2. The van der Waals surface area contributed by atoms with Gasteiger partial charge < -0.3 is 9.84 Å². The van der Waals surface area contributed by atoms with Crippen LogP contribution in [0.1, 0.15) is 21.8 Å². The maximum absolute atomic E-state index is 13.6. The van der Waals surface area contributed by atoms with Crippen molar-refractivity contribution in [1.29, 1.82) is 0 Å². The number of urea groups is 1. The van der Waals surface area contributed by atoms with Crippen LogP contribution in [0.25, 0.3) is 0 Å². The molecule has 6 nitrogen and oxygen atoms in total. The van der Waals surface area contributed by atoms with Crippen molar-refractivity contribution in [1.82, 2.24) is 10.5 Å². The average molecular weight is 312 g/mol. The SMILES string of the molecule is Cc1noc(C)c1NC(=O)NC(=O)c1c(F)cccc1Cl. The van der Waals surface area contributed by atoms with E-state index in [9.17, 15) is 14.0 Å². The number of hydrogen-bond acceptors (Lipinski definition) is 4. The number of nitrogens with one attached hydrogen (secondary N) is 2. The van der Waals surface area contributed by atoms with Crippen molar-refractivity contribution >= 4 is 29.2 Å². The van der Waals surface area contributed by atoms with Gasteiger partial charge in [0.25, 0.3) is 5.91 Å². The Balaban J connectivity index is 2.11. The number of carbonyl (C=O) groups is 2. The van der Waals surface area contributed by atoms with Crippen LogP contribution in [0.2, 0.25) is 5.02 Å². The molecule has 0 saturated heterocycles. The first-order valence-electron chi connectivity index (χ1n) is 5.89. The maximum atomic E-state index is 13.6. The Labute approximate surface area is 124 Å². The Hall–Kier alpha value is -2.41. The molecule has 2 rings (SSSR count). The van der Waals surface area contributed by atoms with Crippen molar-refractivity contribution in [3.8, 4) is 0 Å². The minimum atomic E-state index is -0.942. The van der Waals surface area contributed by atoms with Gasteiger partial charge in [-0.3, -0.25) is 10.1 Å². The first-order valence-corrected chi connectivity index (χ1v) is 6.27. The highest BCUT2D eigenvalue weighted by molar-refractivity contribution is 6.34. The van der Waals surface area contributed by atoms with Crippen LogP contribution in [0.15, 0.2) is 22.7 Å². The van der Waals surface area contributed by atoms with Gasteiger partial charge in [0.15, 0.2) is 5.76 Å². The minimum absolute atomic E-state index is 0.0855. The molecule has 0 saturated carbocycles. The van der Waals surface area contributed by atoms with Crippen LogP contribution in [0.3, 0.4) is 0 Å². The van der Waals surface area contributed by atoms with Crippen LogP contribution in [0.4, 0.5) is 14.9 Å². The number of nitrogens with zero attached hydrogens (tertiary/aromatic N) is 1. The third-order valence-electron chi connectivity index (χ3n) is 2.69. The number of halogens is 2. The Kier molecular flexibility index (Phi) is 4.23. The lowest BCUT2D eigenvalue weighted by Gasteiger charge is -2.08. The molecule has 0 aliphatic heterocycles. The first-order chi connectivity index (χ1) is 9.90. The topological polar surface area (TPSA) is 84.2 Å². The summed E-state index contributed by atoms with van der Waals surface area (Å²) in [6.45, 7) is 3.23. The fraction of sp³-hybridized carbons (Fsp3) is 0.154. The summed E-state index contributed by atoms with van der Waals surface area (Å²) < 4.78 is 18.4. The van der Waals surface area contributed by atoms with Crippen molar-refractivity contribution in [2.45, 2.75) is 13.8 Å². The predicted octanol–water partition coefficient (Wildman–Crippen LogP) is 3.05. The Morgan fingerprint density at radius 2 is 2.05 bits per heavy atom. The van der Waals surface area contributed by atoms with E-state index in [0.717, 1.165) is 6.07 Å². The molecule has 2 aromatic rings. The van der Waals surface area contributed by atoms with Gasteiger partial charge in [-0.2, -0.15) is 0 Å². The monoisotopic (exact) mass is 311 g/mol. The lowest BCUT2D eigenvalue weighted by Crippen LogP contribution is -2.35. The molecule has 21 heavy (non-hydrogen) atoms. The second-order valence-electron chi connectivity index (χ2n) is 4.20. The second kappa shape index (κ2) is 5.92. The van der Waals surface area contributed by atoms with Gasteiger partial charge in [-0.15, -0.1) is 0 Å². The Morgan fingerprint density at radius 3 is 2.62 bits per heavy atom. The van der Waals surface area contributed by atoms with Crippen molar-refractivity contribution in [3.63, 3.8) is 0 Å². The Bertz CT molecular complexity index is 675. The summed E-state index contributed by atoms with van der Waals surface area (Å²) in [6, 6.07) is 2.95. The van der Waals surface area contributed by atoms with E-state index in [-0.39, 0.29) is 5.02 Å². The summed E-state index contributed by atoms with van der Waals surface area (Å²) in [5.74, 6) is -1.37. The number of anilines is 1. The molecule has 0 bridgehead atoms. The van der Waals surface area contributed by atoms with Gasteiger partial charge in [0.1, 0.15) is 17.2 Å². The molecule has 0 aliphatic carbocycles. The van der Waals surface area contributed by atoms with E-state index in [1.807, 2.05) is 5.32 Å². The number of benzene rings is 1. The summed E-state index contributed by atoms with van der Waals surface area (Å²) in [5, 5.41) is 7.96. The highest BCUT2D eigenvalue weighted by Crippen LogP contribution is 2.20. The van der Waals surface area contributed by atoms with Gasteiger partial charge in [0.05, 0.1) is 10.6 Å². The molecule has 8 heteroatoms. The number of imide groups is 1. The average Bonchev–Trinajstić information content (AvgIpc) is 2.70. The molecule has 0 atom stereocenters. The molecule has 0 radical (unpaired) electrons. The van der Waals surface area contributed by atoms with Crippen molar-refractivity contribution in [3.05, 3.63) is 46.1 Å². The van der Waals surface area contributed by atoms with E-state index in [1.54, 1.807) is 13.8 Å². The smallest absolute Gasteiger partial charge is 0.326 e. The zero-order valence-corrected chi connectivity index (χ0v) is 11.9. The van der Waals surface area contributed by atoms with Crippen LogP contribution in [0.5, 0.6) is 0 Å². The van der Waals surface area contributed by atoms with Gasteiger partial charge >= 0.3 is 6.03 Å². The van der Waals surface area contributed by atoms with Gasteiger partial charge in [0.2, 0.25) is 0 Å². The quantitative estimate of drug-likeness (QED) is 0.892. The number of amides is 3. The molecule has 1 aromatic carbocycles. The maximum Gasteiger partial charge on any atom is 0.326 e. The largest absolute Gasteiger partial charge is 0.359 e. The van der Waals surface area contributed by atoms with Crippen molar-refractivity contribution < 1.29 is 18.5 Å². The van der Waals surface area contributed by atoms with E-state index in [4.69, 9.17) is 16.1 Å². The molecule has 0 spiro atoms.